The maximum Gasteiger partial charge on any atom is 0.176 e. The van der Waals surface area contributed by atoms with Gasteiger partial charge in [-0.2, -0.15) is 0 Å². The molecule has 0 fully saturated rings. The van der Waals surface area contributed by atoms with Crippen LogP contribution in [0.3, 0.4) is 0 Å². The van der Waals surface area contributed by atoms with Gasteiger partial charge < -0.3 is 18.6 Å². The monoisotopic (exact) mass is 461 g/mol. The fraction of sp³-hybridized carbons (Fsp3) is 0.286. The highest BCUT2D eigenvalue weighted by atomic mass is 19.1. The normalized spacial score (nSPS) is 15.9. The van der Waals surface area contributed by atoms with E-state index in [1.54, 1.807) is 33.5 Å². The topological polar surface area (TPSA) is 44.1 Å². The molecule has 0 spiro atoms. The standard InChI is InChI=1S/C28H28FNO4/c1-17-23-15-26(32-3)25(31-2)13-20(23)9-10-30(17)16-18-11-21-14-24(19-5-7-22(29)8-6-19)34-28(21)27(12-18)33-4/h5-8,11-15,17H,9-10,16H2,1-4H3. The van der Waals surface area contributed by atoms with E-state index in [1.165, 1.54) is 23.3 Å². The van der Waals surface area contributed by atoms with Crippen LogP contribution in [0.2, 0.25) is 0 Å². The van der Waals surface area contributed by atoms with E-state index in [0.29, 0.717) is 17.1 Å². The number of hydrogen-bond donors (Lipinski definition) is 0. The van der Waals surface area contributed by atoms with Crippen LogP contribution in [0, 0.1) is 5.82 Å². The lowest BCUT2D eigenvalue weighted by atomic mass is 9.92. The van der Waals surface area contributed by atoms with Crippen molar-refractivity contribution in [3.8, 4) is 28.6 Å². The van der Waals surface area contributed by atoms with Gasteiger partial charge in [-0.15, -0.1) is 0 Å². The third-order valence-corrected chi connectivity index (χ3v) is 6.69. The molecule has 0 amide bonds. The molecule has 3 aromatic carbocycles. The van der Waals surface area contributed by atoms with Crippen molar-refractivity contribution in [3.05, 3.63) is 77.1 Å². The summed E-state index contributed by atoms with van der Waals surface area (Å²) in [5.74, 6) is 2.64. The molecule has 6 heteroatoms. The molecule has 176 valence electrons. The molecule has 2 heterocycles. The first-order chi connectivity index (χ1) is 16.5. The number of fused-ring (bicyclic) bond motifs is 2. The van der Waals surface area contributed by atoms with Crippen molar-refractivity contribution in [2.24, 2.45) is 0 Å². The van der Waals surface area contributed by atoms with Crippen LogP contribution in [-0.4, -0.2) is 32.8 Å². The quantitative estimate of drug-likeness (QED) is 0.333. The minimum atomic E-state index is -0.270. The highest BCUT2D eigenvalue weighted by Crippen LogP contribution is 2.39. The van der Waals surface area contributed by atoms with Gasteiger partial charge in [0, 0.05) is 30.1 Å². The Morgan fingerprint density at radius 2 is 1.62 bits per heavy atom. The summed E-state index contributed by atoms with van der Waals surface area (Å²) < 4.78 is 36.1. The molecule has 0 N–H and O–H groups in total. The second-order valence-corrected chi connectivity index (χ2v) is 8.64. The summed E-state index contributed by atoms with van der Waals surface area (Å²) in [6.45, 7) is 3.94. The van der Waals surface area contributed by atoms with Gasteiger partial charge in [0.1, 0.15) is 11.6 Å². The Kier molecular flexibility index (Phi) is 5.92. The molecule has 0 aliphatic carbocycles. The van der Waals surface area contributed by atoms with Crippen molar-refractivity contribution in [2.45, 2.75) is 25.9 Å². The minimum Gasteiger partial charge on any atom is -0.493 e. The van der Waals surface area contributed by atoms with Crippen LogP contribution >= 0.6 is 0 Å². The first-order valence-corrected chi connectivity index (χ1v) is 11.4. The lowest BCUT2D eigenvalue weighted by Crippen LogP contribution is -2.33. The number of nitrogens with zero attached hydrogens (tertiary/aromatic N) is 1. The molecule has 0 bridgehead atoms. The maximum atomic E-state index is 13.3. The van der Waals surface area contributed by atoms with Crippen molar-refractivity contribution in [2.75, 3.05) is 27.9 Å². The summed E-state index contributed by atoms with van der Waals surface area (Å²) >= 11 is 0. The van der Waals surface area contributed by atoms with Crippen LogP contribution in [0.4, 0.5) is 4.39 Å². The van der Waals surface area contributed by atoms with Crippen LogP contribution < -0.4 is 14.2 Å². The molecule has 34 heavy (non-hydrogen) atoms. The first-order valence-electron chi connectivity index (χ1n) is 11.4. The summed E-state index contributed by atoms with van der Waals surface area (Å²) in [5, 5.41) is 0.963. The Bertz CT molecular complexity index is 1330. The van der Waals surface area contributed by atoms with Gasteiger partial charge >= 0.3 is 0 Å². The fourth-order valence-electron chi connectivity index (χ4n) is 4.83. The smallest absolute Gasteiger partial charge is 0.176 e. The Hall–Kier alpha value is -3.51. The number of hydrogen-bond acceptors (Lipinski definition) is 5. The minimum absolute atomic E-state index is 0.226. The molecule has 5 rings (SSSR count). The molecule has 1 aliphatic rings. The van der Waals surface area contributed by atoms with Gasteiger partial charge in [0.15, 0.2) is 22.8 Å². The van der Waals surface area contributed by atoms with Crippen molar-refractivity contribution in [3.63, 3.8) is 0 Å². The second-order valence-electron chi connectivity index (χ2n) is 8.64. The number of benzene rings is 3. The van der Waals surface area contributed by atoms with Gasteiger partial charge in [-0.1, -0.05) is 0 Å². The molecule has 1 unspecified atom stereocenters. The summed E-state index contributed by atoms with van der Waals surface area (Å²) in [7, 11) is 4.99. The van der Waals surface area contributed by atoms with Crippen LogP contribution in [0.25, 0.3) is 22.3 Å². The summed E-state index contributed by atoms with van der Waals surface area (Å²) in [4.78, 5) is 2.45. The lowest BCUT2D eigenvalue weighted by Gasteiger charge is -2.35. The highest BCUT2D eigenvalue weighted by molar-refractivity contribution is 5.88. The van der Waals surface area contributed by atoms with E-state index in [0.717, 1.165) is 47.5 Å². The average Bonchev–Trinajstić information content (AvgIpc) is 3.29. The van der Waals surface area contributed by atoms with Crippen LogP contribution in [0.5, 0.6) is 17.2 Å². The van der Waals surface area contributed by atoms with E-state index < -0.39 is 0 Å². The van der Waals surface area contributed by atoms with Gasteiger partial charge in [-0.3, -0.25) is 4.90 Å². The molecule has 1 atom stereocenters. The van der Waals surface area contributed by atoms with Crippen molar-refractivity contribution >= 4 is 11.0 Å². The maximum absolute atomic E-state index is 13.3. The zero-order valence-electron chi connectivity index (χ0n) is 19.9. The molecular weight excluding hydrogens is 433 g/mol. The van der Waals surface area contributed by atoms with Gasteiger partial charge in [0.05, 0.1) is 21.3 Å². The van der Waals surface area contributed by atoms with E-state index in [2.05, 4.69) is 30.0 Å². The fourth-order valence-corrected chi connectivity index (χ4v) is 4.83. The second kappa shape index (κ2) is 9.03. The zero-order chi connectivity index (χ0) is 23.8. The Morgan fingerprint density at radius 1 is 0.912 bits per heavy atom. The predicted molar refractivity (Wildman–Crippen MR) is 130 cm³/mol. The van der Waals surface area contributed by atoms with Crippen molar-refractivity contribution < 1.29 is 23.0 Å². The Morgan fingerprint density at radius 3 is 2.32 bits per heavy atom. The molecule has 0 saturated carbocycles. The van der Waals surface area contributed by atoms with E-state index in [1.807, 2.05) is 12.1 Å². The largest absolute Gasteiger partial charge is 0.493 e. The highest BCUT2D eigenvalue weighted by Gasteiger charge is 2.26. The number of ether oxygens (including phenoxy) is 3. The molecule has 1 aliphatic heterocycles. The van der Waals surface area contributed by atoms with Gasteiger partial charge in [0.2, 0.25) is 0 Å². The third-order valence-electron chi connectivity index (χ3n) is 6.69. The SMILES string of the molecule is COc1cc2c(cc1OC)C(C)N(Cc1cc(OC)c3oc(-c4ccc(F)cc4)cc3c1)CC2. The number of methoxy groups -OCH3 is 3. The van der Waals surface area contributed by atoms with Gasteiger partial charge in [0.25, 0.3) is 0 Å². The Balaban J connectivity index is 1.45. The predicted octanol–water partition coefficient (Wildman–Crippen LogP) is 6.38. The molecule has 4 aromatic rings. The van der Waals surface area contributed by atoms with Crippen LogP contribution in [0.15, 0.2) is 59.0 Å². The van der Waals surface area contributed by atoms with E-state index in [4.69, 9.17) is 18.6 Å². The zero-order valence-corrected chi connectivity index (χ0v) is 19.9. The Labute approximate surface area is 198 Å². The molecule has 5 nitrogen and oxygen atoms in total. The van der Waals surface area contributed by atoms with E-state index in [9.17, 15) is 4.39 Å². The summed E-state index contributed by atoms with van der Waals surface area (Å²) in [5.41, 5.74) is 5.23. The van der Waals surface area contributed by atoms with Crippen LogP contribution in [-0.2, 0) is 13.0 Å². The molecule has 1 aromatic heterocycles. The lowest BCUT2D eigenvalue weighted by molar-refractivity contribution is 0.188. The summed E-state index contributed by atoms with van der Waals surface area (Å²) in [6.07, 6.45) is 0.944. The number of rotatable bonds is 6. The molecule has 0 saturated heterocycles. The van der Waals surface area contributed by atoms with Crippen molar-refractivity contribution in [1.29, 1.82) is 0 Å². The molecule has 0 radical (unpaired) electrons. The summed E-state index contributed by atoms with van der Waals surface area (Å²) in [6, 6.07) is 16.9. The van der Waals surface area contributed by atoms with Crippen LogP contribution in [0.1, 0.15) is 29.7 Å². The van der Waals surface area contributed by atoms with Gasteiger partial charge in [-0.05, 0) is 84.6 Å². The third kappa shape index (κ3) is 3.99. The van der Waals surface area contributed by atoms with Crippen molar-refractivity contribution in [1.82, 2.24) is 4.90 Å². The van der Waals surface area contributed by atoms with E-state index >= 15 is 0 Å². The number of halogens is 1. The average molecular weight is 462 g/mol. The van der Waals surface area contributed by atoms with Gasteiger partial charge in [-0.25, -0.2) is 4.39 Å². The van der Waals surface area contributed by atoms with E-state index in [-0.39, 0.29) is 11.9 Å². The molecular formula is C28H28FNO4. The first kappa shape index (κ1) is 22.3. The number of furan rings is 1.